The summed E-state index contributed by atoms with van der Waals surface area (Å²) in [7, 11) is -1.98. The molecule has 0 unspecified atom stereocenters. The van der Waals surface area contributed by atoms with Crippen LogP contribution in [0.15, 0.2) is 81.2 Å². The van der Waals surface area contributed by atoms with Crippen LogP contribution < -0.4 is 4.52 Å². The Labute approximate surface area is 237 Å². The lowest BCUT2D eigenvalue weighted by molar-refractivity contribution is -0.316. The number of benzene rings is 4. The Morgan fingerprint density at radius 2 is 1.32 bits per heavy atom. The molecule has 9 heteroatoms. The summed E-state index contributed by atoms with van der Waals surface area (Å²) >= 11 is 0. The van der Waals surface area contributed by atoms with Gasteiger partial charge in [-0.05, 0) is 61.4 Å². The Morgan fingerprint density at radius 3 is 1.90 bits per heavy atom. The standard InChI is InChI=1S/C32H31O8P/c1-30(2)34-18-32(40-30)29(28-25(17-33-32)35-31(3,4)36-28)39-41-37-23-15-13-19-9-5-7-11-21(19)26(23)27-22-12-8-6-10-20(22)14-16-24(27)38-41/h5-16,25,28-29H,17-18H2,1-4H3/t25-,28-,29+,32+/m0/s1. The van der Waals surface area contributed by atoms with Gasteiger partial charge in [-0.1, -0.05) is 60.7 Å². The van der Waals surface area contributed by atoms with E-state index in [1.807, 2.05) is 64.1 Å². The van der Waals surface area contributed by atoms with E-state index in [2.05, 4.69) is 36.4 Å². The molecule has 4 atom stereocenters. The summed E-state index contributed by atoms with van der Waals surface area (Å²) in [6.45, 7) is 7.95. The van der Waals surface area contributed by atoms with Crippen molar-refractivity contribution < 1.29 is 36.6 Å². The van der Waals surface area contributed by atoms with Crippen molar-refractivity contribution in [2.45, 2.75) is 63.4 Å². The first-order chi connectivity index (χ1) is 19.7. The molecule has 41 heavy (non-hydrogen) atoms. The summed E-state index contributed by atoms with van der Waals surface area (Å²) in [6, 6.07) is 24.7. The van der Waals surface area contributed by atoms with Crippen LogP contribution in [-0.4, -0.2) is 48.9 Å². The molecule has 0 saturated carbocycles. The summed E-state index contributed by atoms with van der Waals surface area (Å²) in [4.78, 5) is 0. The summed E-state index contributed by atoms with van der Waals surface area (Å²) < 4.78 is 51.3. The molecule has 3 saturated heterocycles. The Kier molecular flexibility index (Phi) is 5.67. The second-order valence-electron chi connectivity index (χ2n) is 11.8. The zero-order valence-electron chi connectivity index (χ0n) is 23.3. The van der Waals surface area contributed by atoms with Crippen LogP contribution in [0.2, 0.25) is 0 Å². The molecule has 3 fully saturated rings. The van der Waals surface area contributed by atoms with Crippen LogP contribution in [0, 0.1) is 0 Å². The van der Waals surface area contributed by atoms with Crippen molar-refractivity contribution in [1.82, 2.24) is 0 Å². The van der Waals surface area contributed by atoms with E-state index in [1.165, 1.54) is 0 Å². The molecule has 0 radical (unpaired) electrons. The van der Waals surface area contributed by atoms with E-state index < -0.39 is 37.8 Å². The van der Waals surface area contributed by atoms with Gasteiger partial charge in [0, 0.05) is 10.8 Å². The van der Waals surface area contributed by atoms with Gasteiger partial charge in [-0.15, -0.1) is 0 Å². The van der Waals surface area contributed by atoms with Gasteiger partial charge in [0.2, 0.25) is 5.79 Å². The van der Waals surface area contributed by atoms with Crippen molar-refractivity contribution in [1.29, 1.82) is 0 Å². The Bertz CT molecular complexity index is 1760. The SMILES string of the molecule is CC1(C)O[C@H]2[C@H](CO[C@@]3(COC(C)(C)O3)[C@@H]2Op2oc3ccc4ccccc4c3c3c(ccc4ccccc43)o2)O1. The molecule has 1 spiro atoms. The molecule has 3 aliphatic heterocycles. The molecule has 8 nitrogen and oxygen atoms in total. The second-order valence-corrected chi connectivity index (χ2v) is 12.8. The zero-order valence-corrected chi connectivity index (χ0v) is 24.2. The van der Waals surface area contributed by atoms with Crippen LogP contribution in [0.5, 0.6) is 0 Å². The highest BCUT2D eigenvalue weighted by atomic mass is 31.1. The maximum Gasteiger partial charge on any atom is 0.387 e. The van der Waals surface area contributed by atoms with Gasteiger partial charge in [-0.3, -0.25) is 4.52 Å². The number of hydrogen-bond donors (Lipinski definition) is 0. The maximum atomic E-state index is 6.77. The number of fused-ring (bicyclic) bond motifs is 8. The highest BCUT2D eigenvalue weighted by Crippen LogP contribution is 2.48. The van der Waals surface area contributed by atoms with E-state index in [0.29, 0.717) is 11.2 Å². The number of ether oxygens (including phenoxy) is 5. The van der Waals surface area contributed by atoms with Gasteiger partial charge in [-0.25, -0.2) is 0 Å². The van der Waals surface area contributed by atoms with Crippen LogP contribution in [0.3, 0.4) is 0 Å². The zero-order chi connectivity index (χ0) is 28.0. The van der Waals surface area contributed by atoms with Crippen molar-refractivity contribution in [3.05, 3.63) is 72.8 Å². The lowest BCUT2D eigenvalue weighted by Crippen LogP contribution is -2.63. The smallest absolute Gasteiger partial charge is 0.387 e. The van der Waals surface area contributed by atoms with Crippen LogP contribution in [0.25, 0.3) is 43.5 Å². The lowest BCUT2D eigenvalue weighted by Gasteiger charge is -2.42. The van der Waals surface area contributed by atoms with E-state index in [4.69, 9.17) is 36.6 Å². The third-order valence-electron chi connectivity index (χ3n) is 8.06. The first-order valence-electron chi connectivity index (χ1n) is 13.9. The minimum absolute atomic E-state index is 0.170. The minimum atomic E-state index is -1.98. The number of rotatable bonds is 2. The normalized spacial score (nSPS) is 28.6. The van der Waals surface area contributed by atoms with Crippen LogP contribution in [-0.2, 0) is 23.7 Å². The van der Waals surface area contributed by atoms with Crippen molar-refractivity contribution >= 4 is 51.7 Å². The topological polar surface area (TPSA) is 81.7 Å². The lowest BCUT2D eigenvalue weighted by atomic mass is 9.97. The van der Waals surface area contributed by atoms with E-state index in [-0.39, 0.29) is 19.3 Å². The van der Waals surface area contributed by atoms with Gasteiger partial charge in [0.05, 0.1) is 6.61 Å². The summed E-state index contributed by atoms with van der Waals surface area (Å²) in [6.07, 6.45) is -1.58. The van der Waals surface area contributed by atoms with Gasteiger partial charge in [0.1, 0.15) is 30.0 Å². The van der Waals surface area contributed by atoms with E-state index in [1.54, 1.807) is 0 Å². The highest BCUT2D eigenvalue weighted by molar-refractivity contribution is 7.31. The average molecular weight is 575 g/mol. The first kappa shape index (κ1) is 25.7. The quantitative estimate of drug-likeness (QED) is 0.215. The fourth-order valence-electron chi connectivity index (χ4n) is 6.39. The fourth-order valence-corrected chi connectivity index (χ4v) is 7.61. The maximum absolute atomic E-state index is 6.77. The Hall–Kier alpha value is -2.94. The van der Waals surface area contributed by atoms with Crippen LogP contribution >= 0.6 is 8.24 Å². The molecule has 0 amide bonds. The predicted molar refractivity (Wildman–Crippen MR) is 155 cm³/mol. The minimum Gasteiger partial charge on any atom is -0.399 e. The Balaban J connectivity index is 1.36. The molecule has 3 aliphatic rings. The largest absolute Gasteiger partial charge is 0.399 e. The third-order valence-corrected chi connectivity index (χ3v) is 9.15. The predicted octanol–water partition coefficient (Wildman–Crippen LogP) is 7.42. The first-order valence-corrected chi connectivity index (χ1v) is 15.0. The van der Waals surface area contributed by atoms with Crippen molar-refractivity contribution in [2.75, 3.05) is 13.2 Å². The molecule has 5 aromatic rings. The third kappa shape index (κ3) is 4.21. The molecular formula is C32H31O8P. The van der Waals surface area contributed by atoms with Crippen molar-refractivity contribution in [2.24, 2.45) is 0 Å². The van der Waals surface area contributed by atoms with Gasteiger partial charge in [0.15, 0.2) is 17.7 Å². The number of hydrogen-bond acceptors (Lipinski definition) is 8. The van der Waals surface area contributed by atoms with Gasteiger partial charge < -0.3 is 32.1 Å². The molecule has 0 bridgehead atoms. The molecule has 4 aromatic carbocycles. The fraction of sp³-hybridized carbons (Fsp3) is 0.375. The van der Waals surface area contributed by atoms with Crippen LogP contribution in [0.4, 0.5) is 0 Å². The summed E-state index contributed by atoms with van der Waals surface area (Å²) in [5.74, 6) is -2.89. The summed E-state index contributed by atoms with van der Waals surface area (Å²) in [5, 5.41) is 6.31. The molecule has 1 aromatic heterocycles. The molecule has 0 N–H and O–H groups in total. The van der Waals surface area contributed by atoms with Gasteiger partial charge >= 0.3 is 8.24 Å². The van der Waals surface area contributed by atoms with E-state index in [9.17, 15) is 0 Å². The Morgan fingerprint density at radius 1 is 0.707 bits per heavy atom. The molecule has 4 heterocycles. The summed E-state index contributed by atoms with van der Waals surface area (Å²) in [5.41, 5.74) is 1.36. The average Bonchev–Trinajstić information content (AvgIpc) is 3.37. The van der Waals surface area contributed by atoms with E-state index >= 15 is 0 Å². The molecule has 212 valence electrons. The monoisotopic (exact) mass is 574 g/mol. The second kappa shape index (κ2) is 9.03. The molecular weight excluding hydrogens is 543 g/mol. The molecule has 0 aliphatic carbocycles. The van der Waals surface area contributed by atoms with Crippen molar-refractivity contribution in [3.63, 3.8) is 0 Å². The van der Waals surface area contributed by atoms with Crippen molar-refractivity contribution in [3.8, 4) is 0 Å². The highest BCUT2D eigenvalue weighted by Gasteiger charge is 2.64. The van der Waals surface area contributed by atoms with Crippen LogP contribution in [0.1, 0.15) is 27.7 Å². The van der Waals surface area contributed by atoms with Gasteiger partial charge in [-0.2, -0.15) is 0 Å². The van der Waals surface area contributed by atoms with E-state index in [0.717, 1.165) is 32.3 Å². The molecule has 8 rings (SSSR count). The van der Waals surface area contributed by atoms with Gasteiger partial charge in [0.25, 0.3) is 0 Å².